The summed E-state index contributed by atoms with van der Waals surface area (Å²) in [5, 5.41) is 0.236. The highest BCUT2D eigenvalue weighted by Crippen LogP contribution is 2.30. The Morgan fingerprint density at radius 2 is 1.90 bits per heavy atom. The number of pyridine rings is 1. The van der Waals surface area contributed by atoms with Crippen molar-refractivity contribution in [2.24, 2.45) is 0 Å². The number of aryl methyl sites for hydroxylation is 1. The molecule has 3 heterocycles. The van der Waals surface area contributed by atoms with Crippen molar-refractivity contribution in [1.82, 2.24) is 19.4 Å². The number of fused-ring (bicyclic) bond motifs is 1. The molecule has 0 spiro atoms. The molecule has 0 aromatic carbocycles. The van der Waals surface area contributed by atoms with E-state index >= 15 is 0 Å². The maximum Gasteiger partial charge on any atom is 0.417 e. The topological polar surface area (TPSA) is 43.1 Å². The Balaban J connectivity index is 2.18. The largest absolute Gasteiger partial charge is 0.417 e. The predicted molar refractivity (Wildman–Crippen MR) is 71.0 cm³/mol. The van der Waals surface area contributed by atoms with Crippen molar-refractivity contribution in [1.29, 1.82) is 0 Å². The zero-order valence-corrected chi connectivity index (χ0v) is 11.4. The van der Waals surface area contributed by atoms with Crippen molar-refractivity contribution in [2.75, 3.05) is 0 Å². The molecule has 0 saturated heterocycles. The summed E-state index contributed by atoms with van der Waals surface area (Å²) >= 11 is 5.66. The van der Waals surface area contributed by atoms with Gasteiger partial charge in [-0.25, -0.2) is 15.0 Å². The molecule has 0 amide bonds. The standard InChI is InChI=1S/C13H8ClF3N4/c1-7-12(9-4-19-10(14)5-18-9)20-11-3-2-8(6-21(7)11)13(15,16)17/h2-6H,1H3. The SMILES string of the molecule is Cc1c(-c2cnc(Cl)cn2)nc2ccc(C(F)(F)F)cn12. The number of alkyl halides is 3. The molecule has 0 bridgehead atoms. The third-order valence-electron chi connectivity index (χ3n) is 3.05. The Hall–Kier alpha value is -2.15. The van der Waals surface area contributed by atoms with E-state index in [1.807, 2.05) is 0 Å². The number of rotatable bonds is 1. The number of halogens is 4. The molecule has 0 aliphatic rings. The lowest BCUT2D eigenvalue weighted by Gasteiger charge is -2.07. The van der Waals surface area contributed by atoms with Crippen molar-refractivity contribution in [3.8, 4) is 11.4 Å². The normalized spacial score (nSPS) is 12.0. The van der Waals surface area contributed by atoms with Crippen LogP contribution in [0.25, 0.3) is 17.0 Å². The fourth-order valence-corrected chi connectivity index (χ4v) is 2.10. The van der Waals surface area contributed by atoms with E-state index in [2.05, 4.69) is 15.0 Å². The van der Waals surface area contributed by atoms with Crippen molar-refractivity contribution in [3.63, 3.8) is 0 Å². The molecule has 0 atom stereocenters. The molecule has 8 heteroatoms. The molecule has 3 aromatic heterocycles. The van der Waals surface area contributed by atoms with Gasteiger partial charge >= 0.3 is 6.18 Å². The molecule has 4 nitrogen and oxygen atoms in total. The maximum absolute atomic E-state index is 12.8. The van der Waals surface area contributed by atoms with Crippen molar-refractivity contribution >= 4 is 17.2 Å². The molecule has 3 aromatic rings. The van der Waals surface area contributed by atoms with Gasteiger partial charge in [0.2, 0.25) is 0 Å². The van der Waals surface area contributed by atoms with E-state index in [-0.39, 0.29) is 5.15 Å². The molecule has 0 unspecified atom stereocenters. The first-order valence-corrected chi connectivity index (χ1v) is 6.28. The van der Waals surface area contributed by atoms with E-state index in [0.717, 1.165) is 12.3 Å². The van der Waals surface area contributed by atoms with Gasteiger partial charge in [0, 0.05) is 11.9 Å². The van der Waals surface area contributed by atoms with Crippen LogP contribution in [0.4, 0.5) is 13.2 Å². The van der Waals surface area contributed by atoms with Crippen LogP contribution in [-0.2, 0) is 6.18 Å². The van der Waals surface area contributed by atoms with Gasteiger partial charge in [0.05, 0.1) is 18.0 Å². The highest BCUT2D eigenvalue weighted by Gasteiger charge is 2.31. The molecule has 3 rings (SSSR count). The molecule has 0 radical (unpaired) electrons. The van der Waals surface area contributed by atoms with E-state index in [9.17, 15) is 13.2 Å². The number of hydrogen-bond donors (Lipinski definition) is 0. The second-order valence-corrected chi connectivity index (χ2v) is 4.80. The van der Waals surface area contributed by atoms with Gasteiger partial charge in [-0.3, -0.25) is 0 Å². The Morgan fingerprint density at radius 1 is 1.14 bits per heavy atom. The fourth-order valence-electron chi connectivity index (χ4n) is 2.01. The summed E-state index contributed by atoms with van der Waals surface area (Å²) in [5.41, 5.74) is 1.15. The van der Waals surface area contributed by atoms with Gasteiger partial charge in [0.25, 0.3) is 0 Å². The summed E-state index contributed by atoms with van der Waals surface area (Å²) in [6.07, 6.45) is -0.584. The maximum atomic E-state index is 12.8. The first-order valence-electron chi connectivity index (χ1n) is 5.90. The quantitative estimate of drug-likeness (QED) is 0.687. The van der Waals surface area contributed by atoms with E-state index in [0.29, 0.717) is 22.7 Å². The Morgan fingerprint density at radius 3 is 2.52 bits per heavy atom. The zero-order valence-electron chi connectivity index (χ0n) is 10.7. The van der Waals surface area contributed by atoms with Gasteiger partial charge < -0.3 is 4.40 Å². The molecule has 0 saturated carbocycles. The first kappa shape index (κ1) is 13.8. The number of aromatic nitrogens is 4. The van der Waals surface area contributed by atoms with Crippen LogP contribution < -0.4 is 0 Å². The Labute approximate surface area is 122 Å². The minimum Gasteiger partial charge on any atom is -0.303 e. The van der Waals surface area contributed by atoms with Gasteiger partial charge in [0.15, 0.2) is 0 Å². The highest BCUT2D eigenvalue weighted by molar-refractivity contribution is 6.29. The van der Waals surface area contributed by atoms with Gasteiger partial charge in [-0.2, -0.15) is 13.2 Å². The lowest BCUT2D eigenvalue weighted by atomic mass is 10.2. The molecule has 0 aliphatic carbocycles. The van der Waals surface area contributed by atoms with Crippen LogP contribution in [0.3, 0.4) is 0 Å². The Bertz CT molecular complexity index is 809. The minimum absolute atomic E-state index is 0.236. The third-order valence-corrected chi connectivity index (χ3v) is 3.24. The first-order chi connectivity index (χ1) is 9.86. The van der Waals surface area contributed by atoms with Gasteiger partial charge in [-0.1, -0.05) is 11.6 Å². The van der Waals surface area contributed by atoms with Crippen LogP contribution in [0.1, 0.15) is 11.3 Å². The molecule has 0 N–H and O–H groups in total. The second-order valence-electron chi connectivity index (χ2n) is 4.41. The predicted octanol–water partition coefficient (Wildman–Crippen LogP) is 3.77. The summed E-state index contributed by atoms with van der Waals surface area (Å²) in [6, 6.07) is 2.32. The lowest BCUT2D eigenvalue weighted by molar-refractivity contribution is -0.137. The number of hydrogen-bond acceptors (Lipinski definition) is 3. The van der Waals surface area contributed by atoms with E-state index in [1.165, 1.54) is 22.9 Å². The molecular weight excluding hydrogens is 305 g/mol. The van der Waals surface area contributed by atoms with Gasteiger partial charge in [-0.05, 0) is 19.1 Å². The summed E-state index contributed by atoms with van der Waals surface area (Å²) in [7, 11) is 0. The van der Waals surface area contributed by atoms with E-state index in [4.69, 9.17) is 11.6 Å². The van der Waals surface area contributed by atoms with Crippen molar-refractivity contribution in [3.05, 3.63) is 47.1 Å². The van der Waals surface area contributed by atoms with Crippen LogP contribution in [0.2, 0.25) is 5.15 Å². The van der Waals surface area contributed by atoms with Crippen LogP contribution in [0, 0.1) is 6.92 Å². The van der Waals surface area contributed by atoms with Crippen molar-refractivity contribution < 1.29 is 13.2 Å². The number of imidazole rings is 1. The highest BCUT2D eigenvalue weighted by atomic mass is 35.5. The fraction of sp³-hybridized carbons (Fsp3) is 0.154. The van der Waals surface area contributed by atoms with Gasteiger partial charge in [-0.15, -0.1) is 0 Å². The summed E-state index contributed by atoms with van der Waals surface area (Å²) < 4.78 is 39.6. The summed E-state index contributed by atoms with van der Waals surface area (Å²) in [6.45, 7) is 1.67. The number of nitrogens with zero attached hydrogens (tertiary/aromatic N) is 4. The molecule has 0 aliphatic heterocycles. The summed E-state index contributed by atoms with van der Waals surface area (Å²) in [4.78, 5) is 12.3. The smallest absolute Gasteiger partial charge is 0.303 e. The third kappa shape index (κ3) is 2.44. The second kappa shape index (κ2) is 4.70. The van der Waals surface area contributed by atoms with E-state index < -0.39 is 11.7 Å². The summed E-state index contributed by atoms with van der Waals surface area (Å²) in [5.74, 6) is 0. The zero-order chi connectivity index (χ0) is 15.2. The van der Waals surface area contributed by atoms with Crippen LogP contribution in [0.15, 0.2) is 30.7 Å². The molecule has 21 heavy (non-hydrogen) atoms. The van der Waals surface area contributed by atoms with Crippen LogP contribution >= 0.6 is 11.6 Å². The average Bonchev–Trinajstić information content (AvgIpc) is 2.76. The Kier molecular flexibility index (Phi) is 3.09. The minimum atomic E-state index is -4.40. The lowest BCUT2D eigenvalue weighted by Crippen LogP contribution is -2.06. The monoisotopic (exact) mass is 312 g/mol. The van der Waals surface area contributed by atoms with Crippen LogP contribution in [-0.4, -0.2) is 19.4 Å². The van der Waals surface area contributed by atoms with Gasteiger partial charge in [0.1, 0.15) is 22.2 Å². The molecule has 108 valence electrons. The van der Waals surface area contributed by atoms with Crippen LogP contribution in [0.5, 0.6) is 0 Å². The van der Waals surface area contributed by atoms with E-state index in [1.54, 1.807) is 6.92 Å². The molecular formula is C13H8ClF3N4. The molecule has 0 fully saturated rings. The van der Waals surface area contributed by atoms with Crippen molar-refractivity contribution in [2.45, 2.75) is 13.1 Å². The average molecular weight is 313 g/mol.